The molecule has 0 spiro atoms. The third-order valence-corrected chi connectivity index (χ3v) is 5.03. The number of carbonyl (C=O) groups excluding carboxylic acids is 1. The molecule has 1 aromatic rings. The van der Waals surface area contributed by atoms with E-state index < -0.39 is 0 Å². The smallest absolute Gasteiger partial charge is 0.232 e. The van der Waals surface area contributed by atoms with Crippen LogP contribution in [0.1, 0.15) is 36.8 Å². The van der Waals surface area contributed by atoms with Gasteiger partial charge >= 0.3 is 0 Å². The normalized spacial score (nSPS) is 15.3. The van der Waals surface area contributed by atoms with Crippen molar-refractivity contribution in [3.05, 3.63) is 35.4 Å². The van der Waals surface area contributed by atoms with Gasteiger partial charge in [-0.2, -0.15) is 0 Å². The second-order valence-electron chi connectivity index (χ2n) is 5.73. The highest BCUT2D eigenvalue weighted by molar-refractivity contribution is 7.99. The molecule has 2 rings (SSSR count). The highest BCUT2D eigenvalue weighted by Crippen LogP contribution is 2.24. The topological polar surface area (TPSA) is 40.5 Å². The van der Waals surface area contributed by atoms with Gasteiger partial charge in [0.2, 0.25) is 5.91 Å². The van der Waals surface area contributed by atoms with Crippen LogP contribution in [-0.2, 0) is 10.5 Å². The van der Waals surface area contributed by atoms with Crippen molar-refractivity contribution in [2.24, 2.45) is 0 Å². The van der Waals surface area contributed by atoms with Crippen molar-refractivity contribution in [2.45, 2.75) is 44.4 Å². The number of aliphatic hydroxyl groups is 1. The van der Waals surface area contributed by atoms with Crippen LogP contribution in [0, 0.1) is 6.92 Å². The fourth-order valence-electron chi connectivity index (χ4n) is 2.86. The molecule has 4 heteroatoms. The zero-order valence-electron chi connectivity index (χ0n) is 12.8. The molecule has 21 heavy (non-hydrogen) atoms. The lowest BCUT2D eigenvalue weighted by molar-refractivity contribution is -0.131. The Morgan fingerprint density at radius 3 is 2.57 bits per heavy atom. The summed E-state index contributed by atoms with van der Waals surface area (Å²) < 4.78 is 0. The maximum absolute atomic E-state index is 12.4. The molecule has 1 N–H and O–H groups in total. The maximum atomic E-state index is 12.4. The quantitative estimate of drug-likeness (QED) is 0.842. The molecule has 1 saturated carbocycles. The molecule has 0 aromatic heterocycles. The average molecular weight is 307 g/mol. The first-order chi connectivity index (χ1) is 10.2. The van der Waals surface area contributed by atoms with Gasteiger partial charge in [0.15, 0.2) is 0 Å². The van der Waals surface area contributed by atoms with E-state index in [1.165, 1.54) is 24.0 Å². The predicted molar refractivity (Wildman–Crippen MR) is 88.4 cm³/mol. The van der Waals surface area contributed by atoms with Gasteiger partial charge in [-0.1, -0.05) is 42.7 Å². The fraction of sp³-hybridized carbons (Fsp3) is 0.588. The number of aliphatic hydroxyl groups excluding tert-OH is 1. The fourth-order valence-corrected chi connectivity index (χ4v) is 3.73. The minimum Gasteiger partial charge on any atom is -0.395 e. The Kier molecular flexibility index (Phi) is 6.58. The van der Waals surface area contributed by atoms with Gasteiger partial charge in [-0.3, -0.25) is 4.79 Å². The molecule has 1 amide bonds. The number of rotatable bonds is 7. The summed E-state index contributed by atoms with van der Waals surface area (Å²) in [6.45, 7) is 2.62. The molecule has 0 bridgehead atoms. The van der Waals surface area contributed by atoms with Crippen LogP contribution in [0.25, 0.3) is 0 Å². The van der Waals surface area contributed by atoms with E-state index in [1.807, 2.05) is 4.90 Å². The van der Waals surface area contributed by atoms with Gasteiger partial charge in [-0.15, -0.1) is 11.8 Å². The summed E-state index contributed by atoms with van der Waals surface area (Å²) in [5, 5.41) is 9.17. The Morgan fingerprint density at radius 2 is 1.95 bits per heavy atom. The predicted octanol–water partition coefficient (Wildman–Crippen LogP) is 2.99. The number of benzene rings is 1. The lowest BCUT2D eigenvalue weighted by atomic mass is 10.2. The summed E-state index contributed by atoms with van der Waals surface area (Å²) in [5.41, 5.74) is 2.52. The molecule has 1 aromatic carbocycles. The molecule has 1 fully saturated rings. The summed E-state index contributed by atoms with van der Waals surface area (Å²) in [5.74, 6) is 1.54. The van der Waals surface area contributed by atoms with Crippen molar-refractivity contribution in [3.63, 3.8) is 0 Å². The standard InChI is InChI=1S/C17H25NO2S/c1-14-6-8-15(9-7-14)12-21-13-17(20)18(10-11-19)16-4-2-3-5-16/h6-9,16,19H,2-5,10-13H2,1H3. The van der Waals surface area contributed by atoms with Crippen molar-refractivity contribution >= 4 is 17.7 Å². The molecule has 0 heterocycles. The van der Waals surface area contributed by atoms with E-state index in [-0.39, 0.29) is 12.5 Å². The number of amides is 1. The SMILES string of the molecule is Cc1ccc(CSCC(=O)N(CCO)C2CCCC2)cc1. The second kappa shape index (κ2) is 8.44. The van der Waals surface area contributed by atoms with Gasteiger partial charge < -0.3 is 10.0 Å². The minimum atomic E-state index is 0.0604. The molecule has 116 valence electrons. The van der Waals surface area contributed by atoms with Gasteiger partial charge in [-0.25, -0.2) is 0 Å². The van der Waals surface area contributed by atoms with Crippen LogP contribution in [0.15, 0.2) is 24.3 Å². The lowest BCUT2D eigenvalue weighted by Crippen LogP contribution is -2.41. The highest BCUT2D eigenvalue weighted by Gasteiger charge is 2.25. The number of thioether (sulfide) groups is 1. The first-order valence-corrected chi connectivity index (χ1v) is 8.90. The van der Waals surface area contributed by atoms with Crippen molar-refractivity contribution < 1.29 is 9.90 Å². The number of hydrogen-bond donors (Lipinski definition) is 1. The number of carbonyl (C=O) groups is 1. The van der Waals surface area contributed by atoms with E-state index in [0.29, 0.717) is 18.3 Å². The molecule has 0 atom stereocenters. The van der Waals surface area contributed by atoms with Crippen LogP contribution in [0.4, 0.5) is 0 Å². The van der Waals surface area contributed by atoms with E-state index in [2.05, 4.69) is 31.2 Å². The minimum absolute atomic E-state index is 0.0604. The Labute approximate surface area is 131 Å². The Bertz CT molecular complexity index is 441. The monoisotopic (exact) mass is 307 g/mol. The Hall–Kier alpha value is -1.00. The second-order valence-corrected chi connectivity index (χ2v) is 6.71. The van der Waals surface area contributed by atoms with Crippen LogP contribution in [0.2, 0.25) is 0 Å². The largest absolute Gasteiger partial charge is 0.395 e. The summed E-state index contributed by atoms with van der Waals surface area (Å²) in [7, 11) is 0. The zero-order chi connectivity index (χ0) is 15.1. The number of hydrogen-bond acceptors (Lipinski definition) is 3. The van der Waals surface area contributed by atoms with Crippen LogP contribution < -0.4 is 0 Å². The first-order valence-electron chi connectivity index (χ1n) is 7.74. The molecule has 0 unspecified atom stereocenters. The summed E-state index contributed by atoms with van der Waals surface area (Å²) >= 11 is 1.66. The van der Waals surface area contributed by atoms with Crippen molar-refractivity contribution in [2.75, 3.05) is 18.9 Å². The van der Waals surface area contributed by atoms with Crippen molar-refractivity contribution in [1.82, 2.24) is 4.90 Å². The van der Waals surface area contributed by atoms with E-state index in [1.54, 1.807) is 11.8 Å². The molecular weight excluding hydrogens is 282 g/mol. The molecule has 0 saturated heterocycles. The molecule has 3 nitrogen and oxygen atoms in total. The zero-order valence-corrected chi connectivity index (χ0v) is 13.6. The summed E-state index contributed by atoms with van der Waals surface area (Å²) in [4.78, 5) is 14.3. The molecule has 1 aliphatic rings. The summed E-state index contributed by atoms with van der Waals surface area (Å²) in [6.07, 6.45) is 4.59. The summed E-state index contributed by atoms with van der Waals surface area (Å²) in [6, 6.07) is 8.80. The molecule has 1 aliphatic carbocycles. The van der Waals surface area contributed by atoms with Gasteiger partial charge in [0, 0.05) is 18.3 Å². The lowest BCUT2D eigenvalue weighted by Gasteiger charge is -2.28. The van der Waals surface area contributed by atoms with Crippen molar-refractivity contribution in [1.29, 1.82) is 0 Å². The van der Waals surface area contributed by atoms with Crippen LogP contribution in [-0.4, -0.2) is 40.9 Å². The average Bonchev–Trinajstić information content (AvgIpc) is 3.00. The molecular formula is C17H25NO2S. The first kappa shape index (κ1) is 16.4. The van der Waals surface area contributed by atoms with Crippen molar-refractivity contribution in [3.8, 4) is 0 Å². The highest BCUT2D eigenvalue weighted by atomic mass is 32.2. The third kappa shape index (κ3) is 5.04. The van der Waals surface area contributed by atoms with Crippen LogP contribution in [0.3, 0.4) is 0 Å². The molecule has 0 aliphatic heterocycles. The van der Waals surface area contributed by atoms with E-state index in [0.717, 1.165) is 18.6 Å². The Balaban J connectivity index is 1.79. The van der Waals surface area contributed by atoms with E-state index in [4.69, 9.17) is 0 Å². The number of aryl methyl sites for hydroxylation is 1. The van der Waals surface area contributed by atoms with Gasteiger partial charge in [0.1, 0.15) is 0 Å². The number of nitrogens with zero attached hydrogens (tertiary/aromatic N) is 1. The van der Waals surface area contributed by atoms with E-state index >= 15 is 0 Å². The van der Waals surface area contributed by atoms with Crippen LogP contribution >= 0.6 is 11.8 Å². The third-order valence-electron chi connectivity index (χ3n) is 4.04. The maximum Gasteiger partial charge on any atom is 0.232 e. The van der Waals surface area contributed by atoms with Gasteiger partial charge in [0.05, 0.1) is 12.4 Å². The van der Waals surface area contributed by atoms with Crippen LogP contribution in [0.5, 0.6) is 0 Å². The Morgan fingerprint density at radius 1 is 1.29 bits per heavy atom. The molecule has 0 radical (unpaired) electrons. The van der Waals surface area contributed by atoms with E-state index in [9.17, 15) is 9.90 Å². The van der Waals surface area contributed by atoms with Gasteiger partial charge in [0.25, 0.3) is 0 Å². The van der Waals surface area contributed by atoms with Gasteiger partial charge in [-0.05, 0) is 25.3 Å².